The molecule has 0 aliphatic carbocycles. The van der Waals surface area contributed by atoms with Crippen molar-refractivity contribution in [3.8, 4) is 11.3 Å². The van der Waals surface area contributed by atoms with Gasteiger partial charge in [-0.3, -0.25) is 9.59 Å². The van der Waals surface area contributed by atoms with Crippen LogP contribution >= 0.6 is 0 Å². The van der Waals surface area contributed by atoms with Crippen LogP contribution in [0.5, 0.6) is 0 Å². The Balaban J connectivity index is 1.52. The Morgan fingerprint density at radius 2 is 1.81 bits per heavy atom. The van der Waals surface area contributed by atoms with Crippen LogP contribution in [-0.4, -0.2) is 31.7 Å². The molecular weight excluding hydrogens is 398 g/mol. The molecule has 4 rings (SSSR count). The van der Waals surface area contributed by atoms with Crippen molar-refractivity contribution in [2.75, 3.05) is 5.32 Å². The van der Waals surface area contributed by atoms with Crippen LogP contribution in [0.25, 0.3) is 11.3 Å². The lowest BCUT2D eigenvalue weighted by Gasteiger charge is -2.04. The minimum Gasteiger partial charge on any atom is -0.456 e. The standard InChI is InChI=1S/C22H21N5O4/c1-12-7-13(2)9-16(8-12)21-20(24-15(4)30-21)22(29)25-19-10-23-27(26-19)11-17-5-6-18(31-17)14(3)28/h5-10H,11H2,1-4H3,(H,25,26,29). The average Bonchev–Trinajstić information content (AvgIpc) is 3.41. The quantitative estimate of drug-likeness (QED) is 0.470. The number of nitrogens with one attached hydrogen (secondary N) is 1. The first-order chi connectivity index (χ1) is 14.8. The molecule has 158 valence electrons. The molecule has 0 aliphatic rings. The molecule has 3 aromatic heterocycles. The summed E-state index contributed by atoms with van der Waals surface area (Å²) in [5, 5.41) is 11.1. The summed E-state index contributed by atoms with van der Waals surface area (Å²) >= 11 is 0. The SMILES string of the molecule is CC(=O)c1ccc(Cn2ncc(NC(=O)c3nc(C)oc3-c3cc(C)cc(C)c3)n2)o1. The first kappa shape index (κ1) is 20.3. The van der Waals surface area contributed by atoms with Crippen molar-refractivity contribution in [2.45, 2.75) is 34.2 Å². The first-order valence-electron chi connectivity index (χ1n) is 9.65. The molecule has 0 saturated carbocycles. The molecule has 1 aromatic carbocycles. The third kappa shape index (κ3) is 4.45. The van der Waals surface area contributed by atoms with Gasteiger partial charge in [0.1, 0.15) is 12.3 Å². The van der Waals surface area contributed by atoms with E-state index in [1.165, 1.54) is 17.9 Å². The normalized spacial score (nSPS) is 11.0. The van der Waals surface area contributed by atoms with Gasteiger partial charge in [0.2, 0.25) is 0 Å². The number of amides is 1. The highest BCUT2D eigenvalue weighted by molar-refractivity contribution is 6.06. The van der Waals surface area contributed by atoms with E-state index in [0.29, 0.717) is 17.4 Å². The number of anilines is 1. The van der Waals surface area contributed by atoms with Crippen molar-refractivity contribution in [2.24, 2.45) is 0 Å². The van der Waals surface area contributed by atoms with Crippen molar-refractivity contribution in [3.05, 3.63) is 70.8 Å². The van der Waals surface area contributed by atoms with E-state index in [4.69, 9.17) is 8.83 Å². The summed E-state index contributed by atoms with van der Waals surface area (Å²) in [6, 6.07) is 9.22. The Hall–Kier alpha value is -4.01. The van der Waals surface area contributed by atoms with Crippen LogP contribution < -0.4 is 5.32 Å². The van der Waals surface area contributed by atoms with Gasteiger partial charge >= 0.3 is 0 Å². The van der Waals surface area contributed by atoms with Gasteiger partial charge in [-0.1, -0.05) is 17.2 Å². The summed E-state index contributed by atoms with van der Waals surface area (Å²) in [6.45, 7) is 7.31. The molecule has 0 fully saturated rings. The fraction of sp³-hybridized carbons (Fsp3) is 0.227. The smallest absolute Gasteiger partial charge is 0.279 e. The molecule has 4 aromatic rings. The molecular formula is C22H21N5O4. The lowest BCUT2D eigenvalue weighted by atomic mass is 10.0. The molecule has 0 spiro atoms. The van der Waals surface area contributed by atoms with Gasteiger partial charge in [-0.2, -0.15) is 9.90 Å². The highest BCUT2D eigenvalue weighted by atomic mass is 16.4. The van der Waals surface area contributed by atoms with Gasteiger partial charge in [0.25, 0.3) is 5.91 Å². The van der Waals surface area contributed by atoms with Crippen molar-refractivity contribution in [1.82, 2.24) is 20.0 Å². The molecule has 0 bridgehead atoms. The van der Waals surface area contributed by atoms with E-state index in [1.807, 2.05) is 32.0 Å². The number of aryl methyl sites for hydroxylation is 3. The summed E-state index contributed by atoms with van der Waals surface area (Å²) in [6.07, 6.45) is 1.43. The Morgan fingerprint density at radius 3 is 2.48 bits per heavy atom. The highest BCUT2D eigenvalue weighted by Gasteiger charge is 2.21. The molecule has 0 atom stereocenters. The number of oxazole rings is 1. The Kier molecular flexibility index (Phi) is 5.24. The van der Waals surface area contributed by atoms with Crippen LogP contribution in [0, 0.1) is 20.8 Å². The van der Waals surface area contributed by atoms with Gasteiger partial charge < -0.3 is 14.2 Å². The zero-order valence-electron chi connectivity index (χ0n) is 17.6. The van der Waals surface area contributed by atoms with E-state index < -0.39 is 5.91 Å². The van der Waals surface area contributed by atoms with Gasteiger partial charge in [0, 0.05) is 19.4 Å². The van der Waals surface area contributed by atoms with Gasteiger partial charge in [-0.05, 0) is 38.1 Å². The summed E-state index contributed by atoms with van der Waals surface area (Å²) in [5.74, 6) is 1.25. The lowest BCUT2D eigenvalue weighted by molar-refractivity contribution is 0.0983. The predicted octanol–water partition coefficient (Wildman–Crippen LogP) is 3.95. The second-order valence-electron chi connectivity index (χ2n) is 7.32. The van der Waals surface area contributed by atoms with Crippen LogP contribution in [-0.2, 0) is 6.54 Å². The van der Waals surface area contributed by atoms with Crippen molar-refractivity contribution < 1.29 is 18.4 Å². The minimum absolute atomic E-state index is 0.157. The van der Waals surface area contributed by atoms with Crippen molar-refractivity contribution in [1.29, 1.82) is 0 Å². The Morgan fingerprint density at radius 1 is 1.06 bits per heavy atom. The number of aromatic nitrogens is 4. The largest absolute Gasteiger partial charge is 0.456 e. The zero-order valence-corrected chi connectivity index (χ0v) is 17.6. The first-order valence-corrected chi connectivity index (χ1v) is 9.65. The van der Waals surface area contributed by atoms with Gasteiger partial charge in [-0.15, -0.1) is 5.10 Å². The molecule has 9 heteroatoms. The summed E-state index contributed by atoms with van der Waals surface area (Å²) in [5.41, 5.74) is 3.08. The number of carbonyl (C=O) groups excluding carboxylic acids is 2. The second-order valence-corrected chi connectivity index (χ2v) is 7.32. The molecule has 0 radical (unpaired) electrons. The number of rotatable bonds is 6. The second kappa shape index (κ2) is 8.02. The molecule has 1 N–H and O–H groups in total. The van der Waals surface area contributed by atoms with Crippen LogP contribution in [0.3, 0.4) is 0 Å². The predicted molar refractivity (Wildman–Crippen MR) is 112 cm³/mol. The Bertz CT molecular complexity index is 1260. The molecule has 9 nitrogen and oxygen atoms in total. The average molecular weight is 419 g/mol. The number of carbonyl (C=O) groups is 2. The molecule has 3 heterocycles. The zero-order chi connectivity index (χ0) is 22.1. The molecule has 1 amide bonds. The number of nitrogens with zero attached hydrogens (tertiary/aromatic N) is 4. The Labute approximate surface area is 178 Å². The van der Waals surface area contributed by atoms with E-state index >= 15 is 0 Å². The summed E-state index contributed by atoms with van der Waals surface area (Å²) in [4.78, 5) is 29.8. The monoisotopic (exact) mass is 419 g/mol. The van der Waals surface area contributed by atoms with E-state index in [9.17, 15) is 9.59 Å². The fourth-order valence-corrected chi connectivity index (χ4v) is 3.28. The van der Waals surface area contributed by atoms with Crippen LogP contribution in [0.2, 0.25) is 0 Å². The van der Waals surface area contributed by atoms with E-state index in [2.05, 4.69) is 20.5 Å². The number of furan rings is 1. The fourth-order valence-electron chi connectivity index (χ4n) is 3.28. The van der Waals surface area contributed by atoms with Gasteiger partial charge in [-0.25, -0.2) is 4.98 Å². The third-order valence-electron chi connectivity index (χ3n) is 4.52. The van der Waals surface area contributed by atoms with Gasteiger partial charge in [0.05, 0.1) is 6.20 Å². The van der Waals surface area contributed by atoms with Gasteiger partial charge in [0.15, 0.2) is 34.7 Å². The maximum Gasteiger partial charge on any atom is 0.279 e. The molecule has 0 unspecified atom stereocenters. The van der Waals surface area contributed by atoms with Crippen molar-refractivity contribution in [3.63, 3.8) is 0 Å². The molecule has 0 aliphatic heterocycles. The van der Waals surface area contributed by atoms with Crippen molar-refractivity contribution >= 4 is 17.5 Å². The lowest BCUT2D eigenvalue weighted by Crippen LogP contribution is -2.14. The highest BCUT2D eigenvalue weighted by Crippen LogP contribution is 2.27. The molecule has 31 heavy (non-hydrogen) atoms. The van der Waals surface area contributed by atoms with E-state index in [0.717, 1.165) is 16.7 Å². The minimum atomic E-state index is -0.449. The van der Waals surface area contributed by atoms with E-state index in [-0.39, 0.29) is 29.6 Å². The maximum atomic E-state index is 12.9. The number of benzene rings is 1. The number of hydrogen-bond acceptors (Lipinski definition) is 7. The topological polar surface area (TPSA) is 116 Å². The summed E-state index contributed by atoms with van der Waals surface area (Å²) in [7, 11) is 0. The maximum absolute atomic E-state index is 12.9. The molecule has 0 saturated heterocycles. The number of ketones is 1. The van der Waals surface area contributed by atoms with Crippen LogP contribution in [0.4, 0.5) is 5.82 Å². The van der Waals surface area contributed by atoms with Crippen LogP contribution in [0.1, 0.15) is 50.7 Å². The third-order valence-corrected chi connectivity index (χ3v) is 4.52. The number of hydrogen-bond donors (Lipinski definition) is 1. The van der Waals surface area contributed by atoms with E-state index in [1.54, 1.807) is 19.1 Å². The summed E-state index contributed by atoms with van der Waals surface area (Å²) < 4.78 is 11.2. The number of Topliss-reactive ketones (excluding diaryl/α,β-unsaturated/α-hetero) is 1. The van der Waals surface area contributed by atoms with Crippen LogP contribution in [0.15, 0.2) is 45.4 Å².